The summed E-state index contributed by atoms with van der Waals surface area (Å²) in [5, 5.41) is 5.77. The first-order valence-electron chi connectivity index (χ1n) is 7.84. The number of fused-ring (bicyclic) bond motifs is 1. The van der Waals surface area contributed by atoms with Gasteiger partial charge >= 0.3 is 0 Å². The third kappa shape index (κ3) is 4.46. The maximum absolute atomic E-state index is 11.0. The molecule has 0 aromatic heterocycles. The van der Waals surface area contributed by atoms with Crippen molar-refractivity contribution in [1.82, 2.24) is 5.32 Å². The van der Waals surface area contributed by atoms with Crippen molar-refractivity contribution in [3.63, 3.8) is 0 Å². The second-order valence-electron chi connectivity index (χ2n) is 5.40. The summed E-state index contributed by atoms with van der Waals surface area (Å²) in [5.74, 6) is 0.260. The Morgan fingerprint density at radius 3 is 2.77 bits per heavy atom. The van der Waals surface area contributed by atoms with E-state index in [9.17, 15) is 4.79 Å². The fourth-order valence-electron chi connectivity index (χ4n) is 2.50. The summed E-state index contributed by atoms with van der Waals surface area (Å²) in [6.45, 7) is 3.80. The number of benzene rings is 2. The standard InChI is InChI=1S/C18H24N2O2/c1-2-3-6-11-20-12-16-15-8-5-4-7-14(15)9-10-17(16)22-13-18(19)21/h4-5,7-10,20H,2-3,6,11-13H2,1H3,(H2,19,21). The lowest BCUT2D eigenvalue weighted by Crippen LogP contribution is -2.21. The first kappa shape index (κ1) is 16.3. The number of carbonyl (C=O) groups excluding carboxylic acids is 1. The zero-order valence-corrected chi connectivity index (χ0v) is 13.1. The summed E-state index contributed by atoms with van der Waals surface area (Å²) >= 11 is 0. The number of nitrogens with one attached hydrogen (secondary N) is 1. The Kier molecular flexibility index (Phi) is 6.22. The van der Waals surface area contributed by atoms with E-state index in [0.717, 1.165) is 29.8 Å². The van der Waals surface area contributed by atoms with Crippen LogP contribution in [0, 0.1) is 0 Å². The van der Waals surface area contributed by atoms with Gasteiger partial charge in [0, 0.05) is 12.1 Å². The number of rotatable bonds is 9. The van der Waals surface area contributed by atoms with Gasteiger partial charge in [-0.2, -0.15) is 0 Å². The molecule has 22 heavy (non-hydrogen) atoms. The van der Waals surface area contributed by atoms with Crippen LogP contribution >= 0.6 is 0 Å². The average molecular weight is 300 g/mol. The van der Waals surface area contributed by atoms with Crippen molar-refractivity contribution < 1.29 is 9.53 Å². The highest BCUT2D eigenvalue weighted by molar-refractivity contribution is 5.88. The molecule has 2 aromatic rings. The molecule has 4 nitrogen and oxygen atoms in total. The lowest BCUT2D eigenvalue weighted by molar-refractivity contribution is -0.119. The van der Waals surface area contributed by atoms with E-state index >= 15 is 0 Å². The van der Waals surface area contributed by atoms with E-state index in [1.54, 1.807) is 0 Å². The average Bonchev–Trinajstić information content (AvgIpc) is 2.53. The molecule has 0 saturated heterocycles. The SMILES string of the molecule is CCCCCNCc1c(OCC(N)=O)ccc2ccccc12. The van der Waals surface area contributed by atoms with Crippen molar-refractivity contribution in [2.75, 3.05) is 13.2 Å². The third-order valence-electron chi connectivity index (χ3n) is 3.63. The van der Waals surface area contributed by atoms with Gasteiger partial charge in [-0.1, -0.05) is 50.1 Å². The zero-order valence-electron chi connectivity index (χ0n) is 13.1. The van der Waals surface area contributed by atoms with Crippen molar-refractivity contribution in [2.24, 2.45) is 5.73 Å². The van der Waals surface area contributed by atoms with E-state index in [-0.39, 0.29) is 6.61 Å². The van der Waals surface area contributed by atoms with Gasteiger partial charge in [0.25, 0.3) is 5.91 Å². The smallest absolute Gasteiger partial charge is 0.255 e. The predicted molar refractivity (Wildman–Crippen MR) is 89.9 cm³/mol. The molecule has 3 N–H and O–H groups in total. The molecule has 118 valence electrons. The number of hydrogen-bond donors (Lipinski definition) is 2. The monoisotopic (exact) mass is 300 g/mol. The molecule has 0 saturated carbocycles. The number of nitrogens with two attached hydrogens (primary N) is 1. The summed E-state index contributed by atoms with van der Waals surface area (Å²) in [7, 11) is 0. The normalized spacial score (nSPS) is 10.8. The number of carbonyl (C=O) groups is 1. The van der Waals surface area contributed by atoms with Crippen molar-refractivity contribution in [3.8, 4) is 5.75 Å². The highest BCUT2D eigenvalue weighted by atomic mass is 16.5. The first-order chi connectivity index (χ1) is 10.7. The first-order valence-corrected chi connectivity index (χ1v) is 7.84. The van der Waals surface area contributed by atoms with E-state index in [1.807, 2.05) is 24.3 Å². The van der Waals surface area contributed by atoms with E-state index in [1.165, 1.54) is 24.6 Å². The van der Waals surface area contributed by atoms with Crippen LogP contribution in [0.5, 0.6) is 5.75 Å². The van der Waals surface area contributed by atoms with E-state index < -0.39 is 5.91 Å². The summed E-state index contributed by atoms with van der Waals surface area (Å²) in [6, 6.07) is 12.1. The molecule has 0 atom stereocenters. The van der Waals surface area contributed by atoms with E-state index in [4.69, 9.17) is 10.5 Å². The Bertz CT molecular complexity index is 626. The van der Waals surface area contributed by atoms with Crippen LogP contribution in [0.1, 0.15) is 31.7 Å². The van der Waals surface area contributed by atoms with Crippen LogP contribution in [0.25, 0.3) is 10.8 Å². The lowest BCUT2D eigenvalue weighted by Gasteiger charge is -2.14. The Balaban J connectivity index is 2.17. The minimum atomic E-state index is -0.463. The zero-order chi connectivity index (χ0) is 15.8. The highest BCUT2D eigenvalue weighted by Gasteiger charge is 2.09. The molecule has 0 aliphatic carbocycles. The van der Waals surface area contributed by atoms with Crippen molar-refractivity contribution in [1.29, 1.82) is 0 Å². The summed E-state index contributed by atoms with van der Waals surface area (Å²) < 4.78 is 5.57. The number of ether oxygens (including phenoxy) is 1. The molecule has 2 aromatic carbocycles. The molecule has 0 bridgehead atoms. The molecule has 0 fully saturated rings. The summed E-state index contributed by atoms with van der Waals surface area (Å²) in [6.07, 6.45) is 3.61. The number of hydrogen-bond acceptors (Lipinski definition) is 3. The van der Waals surface area contributed by atoms with Crippen LogP contribution < -0.4 is 15.8 Å². The minimum absolute atomic E-state index is 0.0961. The molecule has 4 heteroatoms. The van der Waals surface area contributed by atoms with Gasteiger partial charge in [-0.15, -0.1) is 0 Å². The van der Waals surface area contributed by atoms with Gasteiger partial charge in [-0.05, 0) is 29.8 Å². The van der Waals surface area contributed by atoms with E-state index in [0.29, 0.717) is 0 Å². The van der Waals surface area contributed by atoms with E-state index in [2.05, 4.69) is 24.4 Å². The van der Waals surface area contributed by atoms with Crippen LogP contribution in [-0.4, -0.2) is 19.1 Å². The largest absolute Gasteiger partial charge is 0.483 e. The summed E-state index contributed by atoms with van der Waals surface area (Å²) in [5.41, 5.74) is 6.26. The summed E-state index contributed by atoms with van der Waals surface area (Å²) in [4.78, 5) is 11.0. The van der Waals surface area contributed by atoms with Crippen molar-refractivity contribution in [2.45, 2.75) is 32.7 Å². The Hall–Kier alpha value is -2.07. The predicted octanol–water partition coefficient (Wildman–Crippen LogP) is 2.98. The van der Waals surface area contributed by atoms with Crippen LogP contribution in [0.3, 0.4) is 0 Å². The fraction of sp³-hybridized carbons (Fsp3) is 0.389. The van der Waals surface area contributed by atoms with Gasteiger partial charge < -0.3 is 15.8 Å². The Labute approximate surface area is 131 Å². The van der Waals surface area contributed by atoms with Crippen molar-refractivity contribution >= 4 is 16.7 Å². The highest BCUT2D eigenvalue weighted by Crippen LogP contribution is 2.28. The fourth-order valence-corrected chi connectivity index (χ4v) is 2.50. The Morgan fingerprint density at radius 2 is 2.00 bits per heavy atom. The maximum atomic E-state index is 11.0. The number of unbranched alkanes of at least 4 members (excludes halogenated alkanes) is 2. The van der Waals surface area contributed by atoms with Crippen LogP contribution in [0.4, 0.5) is 0 Å². The quantitative estimate of drug-likeness (QED) is 0.700. The molecular weight excluding hydrogens is 276 g/mol. The van der Waals surface area contributed by atoms with Crippen LogP contribution in [0.2, 0.25) is 0 Å². The second kappa shape index (κ2) is 8.39. The van der Waals surface area contributed by atoms with Gasteiger partial charge in [-0.3, -0.25) is 4.79 Å². The topological polar surface area (TPSA) is 64.3 Å². The molecular formula is C18H24N2O2. The molecule has 0 radical (unpaired) electrons. The third-order valence-corrected chi connectivity index (χ3v) is 3.63. The van der Waals surface area contributed by atoms with Gasteiger partial charge in [-0.25, -0.2) is 0 Å². The van der Waals surface area contributed by atoms with Crippen LogP contribution in [0.15, 0.2) is 36.4 Å². The molecule has 0 unspecified atom stereocenters. The molecule has 0 aliphatic heterocycles. The number of amides is 1. The maximum Gasteiger partial charge on any atom is 0.255 e. The molecule has 0 heterocycles. The molecule has 0 spiro atoms. The van der Waals surface area contributed by atoms with Gasteiger partial charge in [0.05, 0.1) is 0 Å². The van der Waals surface area contributed by atoms with Crippen LogP contribution in [-0.2, 0) is 11.3 Å². The Morgan fingerprint density at radius 1 is 1.18 bits per heavy atom. The van der Waals surface area contributed by atoms with Gasteiger partial charge in [0.15, 0.2) is 6.61 Å². The minimum Gasteiger partial charge on any atom is -0.483 e. The molecule has 0 aliphatic rings. The van der Waals surface area contributed by atoms with Gasteiger partial charge in [0.1, 0.15) is 5.75 Å². The number of primary amides is 1. The second-order valence-corrected chi connectivity index (χ2v) is 5.40. The lowest BCUT2D eigenvalue weighted by atomic mass is 10.0. The molecule has 2 rings (SSSR count). The van der Waals surface area contributed by atoms with Crippen molar-refractivity contribution in [3.05, 3.63) is 42.0 Å². The van der Waals surface area contributed by atoms with Gasteiger partial charge in [0.2, 0.25) is 0 Å². The molecule has 1 amide bonds.